The van der Waals surface area contributed by atoms with Gasteiger partial charge in [-0.3, -0.25) is 14.5 Å². The van der Waals surface area contributed by atoms with Crippen LogP contribution in [0.15, 0.2) is 36.8 Å². The lowest BCUT2D eigenvalue weighted by molar-refractivity contribution is -0.119. The van der Waals surface area contributed by atoms with Gasteiger partial charge in [-0.15, -0.1) is 0 Å². The first kappa shape index (κ1) is 12.3. The molecule has 0 fully saturated rings. The summed E-state index contributed by atoms with van der Waals surface area (Å²) in [6.45, 7) is 1.89. The number of anilines is 1. The predicted octanol–water partition coefficient (Wildman–Crippen LogP) is 1.88. The van der Waals surface area contributed by atoms with Gasteiger partial charge < -0.3 is 5.32 Å². The third-order valence-electron chi connectivity index (χ3n) is 2.66. The molecule has 96 valence electrons. The minimum absolute atomic E-state index is 0. The van der Waals surface area contributed by atoms with Crippen molar-refractivity contribution in [3.8, 4) is 0 Å². The SMILES string of the molecule is CC(Cc1ccccn1)C(=O)Nc1cnn(C)c1.[HH]. The van der Waals surface area contributed by atoms with E-state index in [1.165, 1.54) is 0 Å². The molecule has 5 heteroatoms. The smallest absolute Gasteiger partial charge is 0.227 e. The molecule has 0 bridgehead atoms. The highest BCUT2D eigenvalue weighted by molar-refractivity contribution is 5.92. The van der Waals surface area contributed by atoms with Gasteiger partial charge in [-0.1, -0.05) is 13.0 Å². The van der Waals surface area contributed by atoms with Crippen LogP contribution in [0.2, 0.25) is 0 Å². The maximum Gasteiger partial charge on any atom is 0.227 e. The van der Waals surface area contributed by atoms with Gasteiger partial charge in [0.2, 0.25) is 5.91 Å². The van der Waals surface area contributed by atoms with Crippen molar-refractivity contribution in [2.24, 2.45) is 13.0 Å². The van der Waals surface area contributed by atoms with E-state index in [9.17, 15) is 4.79 Å². The van der Waals surface area contributed by atoms with E-state index in [1.54, 1.807) is 23.3 Å². The van der Waals surface area contributed by atoms with Crippen molar-refractivity contribution in [3.05, 3.63) is 42.5 Å². The molecule has 1 N–H and O–H groups in total. The number of carbonyl (C=O) groups excluding carboxylic acids is 1. The number of pyridine rings is 1. The Labute approximate surface area is 107 Å². The molecule has 0 radical (unpaired) electrons. The zero-order valence-electron chi connectivity index (χ0n) is 10.5. The lowest BCUT2D eigenvalue weighted by atomic mass is 10.0. The second kappa shape index (κ2) is 5.44. The van der Waals surface area contributed by atoms with E-state index < -0.39 is 0 Å². The van der Waals surface area contributed by atoms with Crippen LogP contribution in [0.25, 0.3) is 0 Å². The van der Waals surface area contributed by atoms with Gasteiger partial charge in [0.15, 0.2) is 0 Å². The number of hydrogen-bond donors (Lipinski definition) is 1. The van der Waals surface area contributed by atoms with Crippen molar-refractivity contribution in [1.82, 2.24) is 14.8 Å². The van der Waals surface area contributed by atoms with Crippen LogP contribution in [0.3, 0.4) is 0 Å². The van der Waals surface area contributed by atoms with Gasteiger partial charge in [0.25, 0.3) is 0 Å². The summed E-state index contributed by atoms with van der Waals surface area (Å²) in [4.78, 5) is 16.2. The van der Waals surface area contributed by atoms with E-state index in [0.717, 1.165) is 11.4 Å². The topological polar surface area (TPSA) is 59.8 Å². The summed E-state index contributed by atoms with van der Waals surface area (Å²) < 4.78 is 1.65. The number of aromatic nitrogens is 3. The molecule has 0 spiro atoms. The maximum atomic E-state index is 12.0. The molecule has 2 aromatic heterocycles. The Morgan fingerprint density at radius 2 is 2.39 bits per heavy atom. The first-order valence-corrected chi connectivity index (χ1v) is 5.84. The van der Waals surface area contributed by atoms with Crippen molar-refractivity contribution in [3.63, 3.8) is 0 Å². The Balaban J connectivity index is 0.00000180. The zero-order chi connectivity index (χ0) is 13.0. The van der Waals surface area contributed by atoms with Crippen LogP contribution in [0, 0.1) is 5.92 Å². The second-order valence-electron chi connectivity index (χ2n) is 4.32. The number of hydrogen-bond acceptors (Lipinski definition) is 3. The van der Waals surface area contributed by atoms with Crippen LogP contribution in [0.1, 0.15) is 14.0 Å². The Morgan fingerprint density at radius 3 is 3.00 bits per heavy atom. The monoisotopic (exact) mass is 246 g/mol. The fourth-order valence-corrected chi connectivity index (χ4v) is 1.68. The standard InChI is InChI=1S/C13H16N4O.H2/c1-10(7-11-5-3-4-6-14-11)13(18)16-12-8-15-17(2)9-12;/h3-6,8-10H,7H2,1-2H3,(H,16,18);1H. The Bertz CT molecular complexity index is 526. The van der Waals surface area contributed by atoms with Gasteiger partial charge in [0.05, 0.1) is 11.9 Å². The molecule has 2 heterocycles. The Hall–Kier alpha value is -2.17. The van der Waals surface area contributed by atoms with E-state index in [0.29, 0.717) is 6.42 Å². The number of nitrogens with one attached hydrogen (secondary N) is 1. The van der Waals surface area contributed by atoms with E-state index in [2.05, 4.69) is 15.4 Å². The Morgan fingerprint density at radius 1 is 1.56 bits per heavy atom. The summed E-state index contributed by atoms with van der Waals surface area (Å²) >= 11 is 0. The molecule has 0 aliphatic heterocycles. The van der Waals surface area contributed by atoms with Gasteiger partial charge in [0, 0.05) is 38.9 Å². The molecule has 0 aliphatic rings. The third kappa shape index (κ3) is 3.16. The fourth-order valence-electron chi connectivity index (χ4n) is 1.68. The molecule has 0 saturated carbocycles. The van der Waals surface area contributed by atoms with Crippen molar-refractivity contribution >= 4 is 11.6 Å². The average Bonchev–Trinajstić information content (AvgIpc) is 2.76. The number of carbonyl (C=O) groups is 1. The molecule has 2 aromatic rings. The molecule has 2 rings (SSSR count). The molecule has 5 nitrogen and oxygen atoms in total. The van der Waals surface area contributed by atoms with Gasteiger partial charge in [0.1, 0.15) is 0 Å². The first-order chi connectivity index (χ1) is 8.65. The van der Waals surface area contributed by atoms with Gasteiger partial charge >= 0.3 is 0 Å². The molecule has 1 atom stereocenters. The highest BCUT2D eigenvalue weighted by atomic mass is 16.1. The number of rotatable bonds is 4. The molecule has 1 unspecified atom stereocenters. The highest BCUT2D eigenvalue weighted by Crippen LogP contribution is 2.10. The van der Waals surface area contributed by atoms with E-state index in [1.807, 2.05) is 32.2 Å². The van der Waals surface area contributed by atoms with Crippen LogP contribution < -0.4 is 5.32 Å². The molecule has 0 aromatic carbocycles. The average molecular weight is 246 g/mol. The van der Waals surface area contributed by atoms with E-state index >= 15 is 0 Å². The Kier molecular flexibility index (Phi) is 3.72. The summed E-state index contributed by atoms with van der Waals surface area (Å²) in [5.41, 5.74) is 1.64. The number of aryl methyl sites for hydroxylation is 1. The highest BCUT2D eigenvalue weighted by Gasteiger charge is 2.14. The lowest BCUT2D eigenvalue weighted by Gasteiger charge is -2.10. The summed E-state index contributed by atoms with van der Waals surface area (Å²) in [6.07, 6.45) is 5.77. The summed E-state index contributed by atoms with van der Waals surface area (Å²) in [7, 11) is 1.81. The van der Waals surface area contributed by atoms with Crippen LogP contribution in [-0.4, -0.2) is 20.7 Å². The van der Waals surface area contributed by atoms with Crippen molar-refractivity contribution in [1.29, 1.82) is 0 Å². The third-order valence-corrected chi connectivity index (χ3v) is 2.66. The minimum Gasteiger partial charge on any atom is -0.323 e. The predicted molar refractivity (Wildman–Crippen MR) is 71.1 cm³/mol. The van der Waals surface area contributed by atoms with Gasteiger partial charge in [-0.2, -0.15) is 5.10 Å². The molecule has 18 heavy (non-hydrogen) atoms. The molecular weight excluding hydrogens is 228 g/mol. The van der Waals surface area contributed by atoms with E-state index in [4.69, 9.17) is 0 Å². The molecular formula is C13H18N4O. The minimum atomic E-state index is -0.125. The van der Waals surface area contributed by atoms with Crippen LogP contribution in [0.4, 0.5) is 5.69 Å². The molecule has 0 saturated heterocycles. The van der Waals surface area contributed by atoms with E-state index in [-0.39, 0.29) is 13.3 Å². The van der Waals surface area contributed by atoms with Crippen molar-refractivity contribution in [2.45, 2.75) is 13.3 Å². The number of amides is 1. The van der Waals surface area contributed by atoms with Crippen LogP contribution >= 0.6 is 0 Å². The molecule has 0 aliphatic carbocycles. The van der Waals surface area contributed by atoms with Gasteiger partial charge in [-0.25, -0.2) is 0 Å². The lowest BCUT2D eigenvalue weighted by Crippen LogP contribution is -2.22. The quantitative estimate of drug-likeness (QED) is 0.896. The van der Waals surface area contributed by atoms with Crippen LogP contribution in [-0.2, 0) is 18.3 Å². The maximum absolute atomic E-state index is 12.0. The fraction of sp³-hybridized carbons (Fsp3) is 0.308. The summed E-state index contributed by atoms with van der Waals surface area (Å²) in [5.74, 6) is -0.145. The van der Waals surface area contributed by atoms with Crippen molar-refractivity contribution in [2.75, 3.05) is 5.32 Å². The summed E-state index contributed by atoms with van der Waals surface area (Å²) in [5, 5.41) is 6.84. The summed E-state index contributed by atoms with van der Waals surface area (Å²) in [6, 6.07) is 5.71. The largest absolute Gasteiger partial charge is 0.323 e. The zero-order valence-corrected chi connectivity index (χ0v) is 10.5. The first-order valence-electron chi connectivity index (χ1n) is 5.84. The normalized spacial score (nSPS) is 12.1. The molecule has 1 amide bonds. The van der Waals surface area contributed by atoms with Gasteiger partial charge in [-0.05, 0) is 12.1 Å². The number of nitrogens with zero attached hydrogens (tertiary/aromatic N) is 3. The second-order valence-corrected chi connectivity index (χ2v) is 4.32. The van der Waals surface area contributed by atoms with Crippen molar-refractivity contribution < 1.29 is 6.22 Å². The van der Waals surface area contributed by atoms with Crippen LogP contribution in [0.5, 0.6) is 0 Å².